The van der Waals surface area contributed by atoms with E-state index in [1.54, 1.807) is 19.5 Å². The van der Waals surface area contributed by atoms with Crippen LogP contribution in [0.4, 0.5) is 0 Å². The summed E-state index contributed by atoms with van der Waals surface area (Å²) in [5.41, 5.74) is 0.817. The van der Waals surface area contributed by atoms with Gasteiger partial charge in [0.1, 0.15) is 12.2 Å². The maximum absolute atomic E-state index is 9.92. The number of phenolic OH excluding ortho intramolecular Hbond substituents is 1. The normalized spacial score (nSPS) is 10.6. The molecule has 0 aliphatic carbocycles. The maximum Gasteiger partial charge on any atom is 0.162 e. The number of para-hydroxylation sites is 1. The van der Waals surface area contributed by atoms with Gasteiger partial charge >= 0.3 is 0 Å². The molecule has 1 heterocycles. The molecule has 1 aromatic carbocycles. The predicted octanol–water partition coefficient (Wildman–Crippen LogP) is 0.862. The van der Waals surface area contributed by atoms with Gasteiger partial charge in [-0.05, 0) is 6.07 Å². The number of phenols is 1. The van der Waals surface area contributed by atoms with Crippen LogP contribution in [-0.4, -0.2) is 33.5 Å². The van der Waals surface area contributed by atoms with Gasteiger partial charge in [0, 0.05) is 32.1 Å². The Labute approximate surface area is 112 Å². The van der Waals surface area contributed by atoms with Gasteiger partial charge in [-0.3, -0.25) is 0 Å². The number of aromatic hydroxyl groups is 1. The molecule has 2 rings (SSSR count). The van der Waals surface area contributed by atoms with Crippen molar-refractivity contribution >= 4 is 0 Å². The highest BCUT2D eigenvalue weighted by Crippen LogP contribution is 2.28. The average molecular weight is 262 g/mol. The van der Waals surface area contributed by atoms with Crippen molar-refractivity contribution in [1.29, 1.82) is 0 Å². The zero-order valence-electron chi connectivity index (χ0n) is 11.1. The summed E-state index contributed by atoms with van der Waals surface area (Å²) in [7, 11) is 3.46. The van der Waals surface area contributed by atoms with Crippen LogP contribution >= 0.6 is 0 Å². The first-order valence-electron chi connectivity index (χ1n) is 6.11. The van der Waals surface area contributed by atoms with E-state index in [1.165, 1.54) is 0 Å². The minimum absolute atomic E-state index is 0.191. The molecule has 0 saturated carbocycles. The van der Waals surface area contributed by atoms with Crippen LogP contribution in [0, 0.1) is 0 Å². The van der Waals surface area contributed by atoms with Crippen LogP contribution < -0.4 is 10.1 Å². The highest BCUT2D eigenvalue weighted by molar-refractivity contribution is 5.45. The molecule has 6 nitrogen and oxygen atoms in total. The Morgan fingerprint density at radius 2 is 2.26 bits per heavy atom. The average Bonchev–Trinajstić information content (AvgIpc) is 2.82. The fourth-order valence-electron chi connectivity index (χ4n) is 1.83. The third-order valence-corrected chi connectivity index (χ3v) is 2.95. The molecule has 0 radical (unpaired) electrons. The Hall–Kier alpha value is -2.08. The lowest BCUT2D eigenvalue weighted by Crippen LogP contribution is -2.18. The number of aromatic nitrogens is 3. The summed E-state index contributed by atoms with van der Waals surface area (Å²) in [6.07, 6.45) is 2.48. The second-order valence-electron chi connectivity index (χ2n) is 4.25. The Balaban J connectivity index is 1.85. The van der Waals surface area contributed by atoms with Gasteiger partial charge in [-0.25, -0.2) is 0 Å². The van der Waals surface area contributed by atoms with E-state index < -0.39 is 0 Å². The van der Waals surface area contributed by atoms with E-state index in [0.29, 0.717) is 12.3 Å². The van der Waals surface area contributed by atoms with Gasteiger partial charge < -0.3 is 19.7 Å². The van der Waals surface area contributed by atoms with Crippen LogP contribution in [0.1, 0.15) is 11.4 Å². The first-order chi connectivity index (χ1) is 9.22. The van der Waals surface area contributed by atoms with Crippen molar-refractivity contribution in [3.05, 3.63) is 35.9 Å². The van der Waals surface area contributed by atoms with Crippen molar-refractivity contribution in [2.75, 3.05) is 13.7 Å². The molecule has 1 aromatic heterocycles. The highest BCUT2D eigenvalue weighted by atomic mass is 16.5. The highest BCUT2D eigenvalue weighted by Gasteiger charge is 2.06. The van der Waals surface area contributed by atoms with Crippen LogP contribution in [-0.2, 0) is 20.0 Å². The zero-order chi connectivity index (χ0) is 13.7. The molecule has 2 N–H and O–H groups in total. The summed E-state index contributed by atoms with van der Waals surface area (Å²) in [4.78, 5) is 0. The Kier molecular flexibility index (Phi) is 4.35. The third kappa shape index (κ3) is 3.23. The lowest BCUT2D eigenvalue weighted by Gasteiger charge is -2.09. The van der Waals surface area contributed by atoms with Gasteiger partial charge in [-0.1, -0.05) is 12.1 Å². The molecule has 0 aliphatic heterocycles. The molecular weight excluding hydrogens is 244 g/mol. The monoisotopic (exact) mass is 262 g/mol. The van der Waals surface area contributed by atoms with E-state index in [9.17, 15) is 5.11 Å². The minimum Gasteiger partial charge on any atom is -0.504 e. The summed E-state index contributed by atoms with van der Waals surface area (Å²) in [6.45, 7) is 1.35. The lowest BCUT2D eigenvalue weighted by atomic mass is 10.2. The second kappa shape index (κ2) is 6.19. The van der Waals surface area contributed by atoms with E-state index >= 15 is 0 Å². The number of hydrogen-bond acceptors (Lipinski definition) is 5. The fourth-order valence-corrected chi connectivity index (χ4v) is 1.83. The number of nitrogens with zero attached hydrogens (tertiary/aromatic N) is 3. The third-order valence-electron chi connectivity index (χ3n) is 2.95. The molecule has 0 spiro atoms. The first-order valence-corrected chi connectivity index (χ1v) is 6.11. The maximum atomic E-state index is 9.92. The van der Waals surface area contributed by atoms with E-state index in [1.807, 2.05) is 23.7 Å². The van der Waals surface area contributed by atoms with Gasteiger partial charge in [-0.15, -0.1) is 10.2 Å². The van der Waals surface area contributed by atoms with Gasteiger partial charge in [0.25, 0.3) is 0 Å². The molecule has 0 amide bonds. The number of rotatable bonds is 6. The van der Waals surface area contributed by atoms with E-state index in [-0.39, 0.29) is 5.75 Å². The molecular formula is C13H18N4O2. The van der Waals surface area contributed by atoms with Crippen LogP contribution in [0.25, 0.3) is 0 Å². The Bertz CT molecular complexity index is 539. The molecule has 0 unspecified atom stereocenters. The summed E-state index contributed by atoms with van der Waals surface area (Å²) < 4.78 is 6.96. The van der Waals surface area contributed by atoms with Gasteiger partial charge in [0.2, 0.25) is 0 Å². The van der Waals surface area contributed by atoms with Crippen LogP contribution in [0.5, 0.6) is 11.5 Å². The van der Waals surface area contributed by atoms with Crippen molar-refractivity contribution in [1.82, 2.24) is 20.1 Å². The lowest BCUT2D eigenvalue weighted by molar-refractivity contribution is 0.369. The molecule has 0 bridgehead atoms. The van der Waals surface area contributed by atoms with E-state index in [0.717, 1.165) is 24.4 Å². The van der Waals surface area contributed by atoms with Gasteiger partial charge in [0.15, 0.2) is 11.5 Å². The molecule has 2 aromatic rings. The van der Waals surface area contributed by atoms with Crippen molar-refractivity contribution in [3.63, 3.8) is 0 Å². The van der Waals surface area contributed by atoms with Crippen molar-refractivity contribution in [3.8, 4) is 11.5 Å². The SMILES string of the molecule is COc1cccc(CNCCc2nncn2C)c1O. The summed E-state index contributed by atoms with van der Waals surface area (Å²) in [5.74, 6) is 1.62. The minimum atomic E-state index is 0.191. The predicted molar refractivity (Wildman–Crippen MR) is 71.1 cm³/mol. The molecule has 0 atom stereocenters. The van der Waals surface area contributed by atoms with Crippen LogP contribution in [0.3, 0.4) is 0 Å². The molecule has 0 aliphatic rings. The van der Waals surface area contributed by atoms with Crippen molar-refractivity contribution in [2.24, 2.45) is 7.05 Å². The largest absolute Gasteiger partial charge is 0.504 e. The number of ether oxygens (including phenoxy) is 1. The number of hydrogen-bond donors (Lipinski definition) is 2. The van der Waals surface area contributed by atoms with E-state index in [2.05, 4.69) is 15.5 Å². The zero-order valence-corrected chi connectivity index (χ0v) is 11.1. The van der Waals surface area contributed by atoms with Crippen LogP contribution in [0.2, 0.25) is 0 Å². The number of nitrogens with one attached hydrogen (secondary N) is 1. The van der Waals surface area contributed by atoms with Crippen LogP contribution in [0.15, 0.2) is 24.5 Å². The number of benzene rings is 1. The summed E-state index contributed by atoms with van der Waals surface area (Å²) in [6, 6.07) is 5.46. The Morgan fingerprint density at radius 1 is 1.42 bits per heavy atom. The van der Waals surface area contributed by atoms with Crippen molar-refractivity contribution in [2.45, 2.75) is 13.0 Å². The summed E-state index contributed by atoms with van der Waals surface area (Å²) >= 11 is 0. The summed E-state index contributed by atoms with van der Waals surface area (Å²) in [5, 5.41) is 21.0. The van der Waals surface area contributed by atoms with E-state index in [4.69, 9.17) is 4.74 Å². The smallest absolute Gasteiger partial charge is 0.162 e. The molecule has 0 saturated heterocycles. The molecule has 102 valence electrons. The second-order valence-corrected chi connectivity index (χ2v) is 4.25. The number of aryl methyl sites for hydroxylation is 1. The number of methoxy groups -OCH3 is 1. The molecule has 0 fully saturated rings. The molecule has 19 heavy (non-hydrogen) atoms. The van der Waals surface area contributed by atoms with Gasteiger partial charge in [-0.2, -0.15) is 0 Å². The van der Waals surface area contributed by atoms with Gasteiger partial charge in [0.05, 0.1) is 7.11 Å². The molecule has 6 heteroatoms. The van der Waals surface area contributed by atoms with Crippen molar-refractivity contribution < 1.29 is 9.84 Å². The Morgan fingerprint density at radius 3 is 2.95 bits per heavy atom. The fraction of sp³-hybridized carbons (Fsp3) is 0.385. The standard InChI is InChI=1S/C13H18N4O2/c1-17-9-15-16-12(17)6-7-14-8-10-4-3-5-11(19-2)13(10)18/h3-5,9,14,18H,6-8H2,1-2H3. The topological polar surface area (TPSA) is 72.2 Å². The first kappa shape index (κ1) is 13.4. The quantitative estimate of drug-likeness (QED) is 0.755.